The number of halogens is 1. The molecule has 0 aliphatic heterocycles. The average molecular weight is 425 g/mol. The lowest BCUT2D eigenvalue weighted by molar-refractivity contribution is 0.413. The van der Waals surface area contributed by atoms with E-state index in [0.29, 0.717) is 0 Å². The minimum atomic E-state index is 0.799. The van der Waals surface area contributed by atoms with Gasteiger partial charge in [0.15, 0.2) is 5.06 Å². The zero-order valence-corrected chi connectivity index (χ0v) is 16.9. The van der Waals surface area contributed by atoms with Crippen LogP contribution in [0.15, 0.2) is 71.2 Å². The fourth-order valence-electron chi connectivity index (χ4n) is 2.89. The molecule has 1 aromatic heterocycles. The molecule has 0 atom stereocenters. The zero-order valence-electron chi connectivity index (χ0n) is 14.5. The normalized spacial score (nSPS) is 10.9. The second kappa shape index (κ2) is 7.14. The van der Waals surface area contributed by atoms with Crippen LogP contribution >= 0.6 is 27.3 Å². The second-order valence-corrected chi connectivity index (χ2v) is 7.98. The molecule has 4 aromatic rings. The first-order valence-corrected chi connectivity index (χ1v) is 9.86. The Morgan fingerprint density at radius 2 is 1.54 bits per heavy atom. The van der Waals surface area contributed by atoms with E-state index in [2.05, 4.69) is 65.3 Å². The van der Waals surface area contributed by atoms with Crippen molar-refractivity contribution < 1.29 is 9.47 Å². The van der Waals surface area contributed by atoms with E-state index in [1.165, 1.54) is 15.6 Å². The molecule has 3 aromatic carbocycles. The van der Waals surface area contributed by atoms with Gasteiger partial charge in [-0.1, -0.05) is 51.5 Å². The topological polar surface area (TPSA) is 18.5 Å². The van der Waals surface area contributed by atoms with Gasteiger partial charge >= 0.3 is 0 Å². The largest absolute Gasteiger partial charge is 0.497 e. The van der Waals surface area contributed by atoms with Gasteiger partial charge in [-0.05, 0) is 60.5 Å². The van der Waals surface area contributed by atoms with Crippen LogP contribution in [0, 0.1) is 6.92 Å². The van der Waals surface area contributed by atoms with Crippen LogP contribution in [0.1, 0.15) is 5.56 Å². The number of benzene rings is 3. The maximum absolute atomic E-state index is 6.27. The van der Waals surface area contributed by atoms with Crippen LogP contribution in [0.3, 0.4) is 0 Å². The van der Waals surface area contributed by atoms with Crippen LogP contribution in [0.5, 0.6) is 16.6 Å². The lowest BCUT2D eigenvalue weighted by atomic mass is 10.0. The van der Waals surface area contributed by atoms with Crippen molar-refractivity contribution in [2.24, 2.45) is 0 Å². The van der Waals surface area contributed by atoms with Crippen molar-refractivity contribution >= 4 is 37.4 Å². The summed E-state index contributed by atoms with van der Waals surface area (Å²) in [5.74, 6) is 1.62. The van der Waals surface area contributed by atoms with Gasteiger partial charge in [0.25, 0.3) is 0 Å². The van der Waals surface area contributed by atoms with Gasteiger partial charge in [-0.25, -0.2) is 0 Å². The average Bonchev–Trinajstić information content (AvgIpc) is 3.00. The molecule has 2 nitrogen and oxygen atoms in total. The number of aryl methyl sites for hydroxylation is 1. The molecule has 0 spiro atoms. The quantitative estimate of drug-likeness (QED) is 0.338. The molecule has 0 bridgehead atoms. The van der Waals surface area contributed by atoms with Crippen molar-refractivity contribution in [1.82, 2.24) is 0 Å². The van der Waals surface area contributed by atoms with Gasteiger partial charge in [0.2, 0.25) is 0 Å². The Kier molecular flexibility index (Phi) is 4.70. The molecule has 4 rings (SSSR count). The molecule has 0 fully saturated rings. The van der Waals surface area contributed by atoms with Gasteiger partial charge < -0.3 is 9.47 Å². The highest BCUT2D eigenvalue weighted by atomic mass is 79.9. The van der Waals surface area contributed by atoms with E-state index >= 15 is 0 Å². The Morgan fingerprint density at radius 1 is 0.846 bits per heavy atom. The van der Waals surface area contributed by atoms with Crippen LogP contribution < -0.4 is 9.47 Å². The van der Waals surface area contributed by atoms with Crippen molar-refractivity contribution in [3.8, 4) is 27.7 Å². The lowest BCUT2D eigenvalue weighted by Crippen LogP contribution is -1.86. The molecule has 0 aliphatic carbocycles. The molecule has 0 unspecified atom stereocenters. The van der Waals surface area contributed by atoms with Crippen LogP contribution in [0.2, 0.25) is 0 Å². The fourth-order valence-corrected chi connectivity index (χ4v) is 4.35. The van der Waals surface area contributed by atoms with Crippen molar-refractivity contribution in [3.63, 3.8) is 0 Å². The smallest absolute Gasteiger partial charge is 0.189 e. The molecule has 4 heteroatoms. The maximum Gasteiger partial charge on any atom is 0.189 e. The van der Waals surface area contributed by atoms with Crippen LogP contribution in [0.25, 0.3) is 21.2 Å². The molecular formula is C22H17BrO2S. The number of fused-ring (bicyclic) bond motifs is 1. The Bertz CT molecular complexity index is 1050. The van der Waals surface area contributed by atoms with Gasteiger partial charge in [0, 0.05) is 20.1 Å². The van der Waals surface area contributed by atoms with Gasteiger partial charge in [-0.2, -0.15) is 0 Å². The van der Waals surface area contributed by atoms with Gasteiger partial charge in [0.1, 0.15) is 11.5 Å². The second-order valence-electron chi connectivity index (χ2n) is 6.05. The van der Waals surface area contributed by atoms with Crippen molar-refractivity contribution in [2.75, 3.05) is 7.11 Å². The summed E-state index contributed by atoms with van der Waals surface area (Å²) < 4.78 is 13.8. The summed E-state index contributed by atoms with van der Waals surface area (Å²) in [5, 5.41) is 2.12. The summed E-state index contributed by atoms with van der Waals surface area (Å²) in [6.45, 7) is 2.11. The van der Waals surface area contributed by atoms with E-state index < -0.39 is 0 Å². The predicted molar refractivity (Wildman–Crippen MR) is 113 cm³/mol. The van der Waals surface area contributed by atoms with E-state index in [4.69, 9.17) is 9.47 Å². The minimum absolute atomic E-state index is 0.799. The SMILES string of the molecule is COc1ccc(Oc2sc3cc(C)ccc3c2-c2ccc(Br)cc2)cc1. The van der Waals surface area contributed by atoms with Crippen molar-refractivity contribution in [2.45, 2.75) is 6.92 Å². The summed E-state index contributed by atoms with van der Waals surface area (Å²) >= 11 is 5.19. The lowest BCUT2D eigenvalue weighted by Gasteiger charge is -2.08. The number of ether oxygens (including phenoxy) is 2. The predicted octanol–water partition coefficient (Wildman–Crippen LogP) is 7.44. The Labute approximate surface area is 165 Å². The molecule has 0 aliphatic rings. The highest BCUT2D eigenvalue weighted by Gasteiger charge is 2.16. The molecule has 0 saturated heterocycles. The van der Waals surface area contributed by atoms with Crippen LogP contribution in [-0.4, -0.2) is 7.11 Å². The highest BCUT2D eigenvalue weighted by Crippen LogP contribution is 2.46. The number of methoxy groups -OCH3 is 1. The maximum atomic E-state index is 6.27. The third-order valence-electron chi connectivity index (χ3n) is 4.22. The fraction of sp³-hybridized carbons (Fsp3) is 0.0909. The van der Waals surface area contributed by atoms with Crippen LogP contribution in [-0.2, 0) is 0 Å². The summed E-state index contributed by atoms with van der Waals surface area (Å²) in [5.41, 5.74) is 3.53. The standard InChI is InChI=1S/C22H17BrO2S/c1-14-3-12-19-20(13-14)26-22(21(19)15-4-6-16(23)7-5-15)25-18-10-8-17(24-2)9-11-18/h3-13H,1-2H3. The molecule has 1 heterocycles. The summed E-state index contributed by atoms with van der Waals surface area (Å²) in [4.78, 5) is 0. The molecular weight excluding hydrogens is 408 g/mol. The first kappa shape index (κ1) is 17.1. The van der Waals surface area contributed by atoms with E-state index in [-0.39, 0.29) is 0 Å². The molecule has 130 valence electrons. The van der Waals surface area contributed by atoms with E-state index in [1.54, 1.807) is 18.4 Å². The molecule has 0 N–H and O–H groups in total. The van der Waals surface area contributed by atoms with Gasteiger partial charge in [-0.3, -0.25) is 0 Å². The molecule has 0 saturated carbocycles. The monoisotopic (exact) mass is 424 g/mol. The van der Waals surface area contributed by atoms with Crippen molar-refractivity contribution in [1.29, 1.82) is 0 Å². The number of thiophene rings is 1. The molecule has 26 heavy (non-hydrogen) atoms. The van der Waals surface area contributed by atoms with Crippen LogP contribution in [0.4, 0.5) is 0 Å². The third-order valence-corrected chi connectivity index (χ3v) is 5.78. The Balaban J connectivity index is 1.84. The third kappa shape index (κ3) is 3.35. The van der Waals surface area contributed by atoms with Gasteiger partial charge in [-0.15, -0.1) is 0 Å². The molecule has 0 amide bonds. The first-order chi connectivity index (χ1) is 12.6. The summed E-state index contributed by atoms with van der Waals surface area (Å²) in [7, 11) is 1.66. The summed E-state index contributed by atoms with van der Waals surface area (Å²) in [6.07, 6.45) is 0. The van der Waals surface area contributed by atoms with Gasteiger partial charge in [0.05, 0.1) is 7.11 Å². The zero-order chi connectivity index (χ0) is 18.1. The number of hydrogen-bond donors (Lipinski definition) is 0. The summed E-state index contributed by atoms with van der Waals surface area (Å²) in [6, 6.07) is 22.6. The van der Waals surface area contributed by atoms with Crippen molar-refractivity contribution in [3.05, 3.63) is 76.8 Å². The van der Waals surface area contributed by atoms with E-state index in [1.807, 2.05) is 24.3 Å². The molecule has 0 radical (unpaired) electrons. The highest BCUT2D eigenvalue weighted by molar-refractivity contribution is 9.10. The number of hydrogen-bond acceptors (Lipinski definition) is 3. The van der Waals surface area contributed by atoms with E-state index in [9.17, 15) is 0 Å². The first-order valence-electron chi connectivity index (χ1n) is 8.25. The minimum Gasteiger partial charge on any atom is -0.497 e. The van der Waals surface area contributed by atoms with E-state index in [0.717, 1.165) is 32.2 Å². The Morgan fingerprint density at radius 3 is 2.23 bits per heavy atom. The Hall–Kier alpha value is -2.30. The number of rotatable bonds is 4.